The van der Waals surface area contributed by atoms with E-state index in [4.69, 9.17) is 0 Å². The maximum absolute atomic E-state index is 12.3. The van der Waals surface area contributed by atoms with Gasteiger partial charge in [0.2, 0.25) is 5.91 Å². The van der Waals surface area contributed by atoms with E-state index >= 15 is 0 Å². The number of allylic oxidation sites excluding steroid dienone is 15. The van der Waals surface area contributed by atoms with E-state index in [2.05, 4.69) is 98.2 Å². The van der Waals surface area contributed by atoms with Crippen molar-refractivity contribution >= 4 is 5.91 Å². The van der Waals surface area contributed by atoms with Crippen LogP contribution in [0.5, 0.6) is 0 Å². The fourth-order valence-electron chi connectivity index (χ4n) is 5.98. The zero-order valence-electron chi connectivity index (χ0n) is 34.5. The molecular weight excluding hydrogens is 651 g/mol. The van der Waals surface area contributed by atoms with Gasteiger partial charge in [-0.3, -0.25) is 4.79 Å². The molecule has 0 radical (unpaired) electrons. The van der Waals surface area contributed by atoms with Gasteiger partial charge in [-0.2, -0.15) is 0 Å². The lowest BCUT2D eigenvalue weighted by atomic mass is 10.0. The quantitative estimate of drug-likeness (QED) is 0.0437. The summed E-state index contributed by atoms with van der Waals surface area (Å²) in [7, 11) is 0. The Morgan fingerprint density at radius 2 is 0.849 bits per heavy atom. The second kappa shape index (κ2) is 43.7. The van der Waals surface area contributed by atoms with Gasteiger partial charge in [-0.15, -0.1) is 0 Å². The Kier molecular flexibility index (Phi) is 41.5. The molecule has 0 saturated carbocycles. The molecule has 302 valence electrons. The number of carbonyl (C=O) groups is 1. The van der Waals surface area contributed by atoms with E-state index in [9.17, 15) is 15.0 Å². The van der Waals surface area contributed by atoms with Crippen LogP contribution in [-0.2, 0) is 4.79 Å². The minimum Gasteiger partial charge on any atom is -0.394 e. The first kappa shape index (κ1) is 50.3. The highest BCUT2D eigenvalue weighted by atomic mass is 16.3. The van der Waals surface area contributed by atoms with Crippen molar-refractivity contribution < 1.29 is 15.0 Å². The lowest BCUT2D eigenvalue weighted by molar-refractivity contribution is -0.122. The molecule has 0 aromatic rings. The number of unbranched alkanes of at least 4 members (excludes halogenated alkanes) is 17. The molecule has 2 atom stereocenters. The zero-order valence-corrected chi connectivity index (χ0v) is 34.5. The number of aliphatic hydroxyl groups excluding tert-OH is 2. The van der Waals surface area contributed by atoms with Crippen LogP contribution in [0, 0.1) is 0 Å². The Balaban J connectivity index is 3.76. The van der Waals surface area contributed by atoms with Crippen molar-refractivity contribution in [3.05, 3.63) is 97.2 Å². The Morgan fingerprint density at radius 3 is 1.30 bits per heavy atom. The first-order chi connectivity index (χ1) is 26.2. The van der Waals surface area contributed by atoms with Gasteiger partial charge in [-0.1, -0.05) is 207 Å². The highest BCUT2D eigenvalue weighted by Gasteiger charge is 2.17. The standard InChI is InChI=1S/C49H83NO3/c1-3-5-7-9-11-13-15-17-19-21-23-24-25-27-28-30-32-34-36-38-40-42-44-48(52)47(46-51)50-49(53)45-43-41-39-37-35-33-31-29-26-22-20-18-16-14-12-10-8-6-4-2/h6,8,12,14,18,20,26,29,33-36,39,41-42,44,47-48,51-52H,3-5,7,9-11,13,15-17,19,21-25,27-28,30-32,37-38,40,43,45-46H2,1-2H3,(H,50,53)/b8-6-,14-12-,20-18-,29-26-,35-33-,36-34+,41-39-,44-42+. The van der Waals surface area contributed by atoms with Crippen LogP contribution in [0.1, 0.15) is 187 Å². The van der Waals surface area contributed by atoms with E-state index in [1.807, 2.05) is 12.2 Å². The van der Waals surface area contributed by atoms with Gasteiger partial charge in [0.25, 0.3) is 0 Å². The highest BCUT2D eigenvalue weighted by molar-refractivity contribution is 5.76. The van der Waals surface area contributed by atoms with Crippen molar-refractivity contribution in [1.29, 1.82) is 0 Å². The Hall–Kier alpha value is -2.69. The summed E-state index contributed by atoms with van der Waals surface area (Å²) in [5, 5.41) is 22.9. The fraction of sp³-hybridized carbons (Fsp3) is 0.653. The van der Waals surface area contributed by atoms with Crippen LogP contribution in [0.15, 0.2) is 97.2 Å². The lowest BCUT2D eigenvalue weighted by Gasteiger charge is -2.19. The van der Waals surface area contributed by atoms with E-state index < -0.39 is 12.1 Å². The van der Waals surface area contributed by atoms with Crippen LogP contribution < -0.4 is 5.32 Å². The number of hydrogen-bond acceptors (Lipinski definition) is 3. The van der Waals surface area contributed by atoms with Crippen molar-refractivity contribution in [3.63, 3.8) is 0 Å². The van der Waals surface area contributed by atoms with Crippen molar-refractivity contribution in [1.82, 2.24) is 5.32 Å². The van der Waals surface area contributed by atoms with Crippen LogP contribution in [0.2, 0.25) is 0 Å². The largest absolute Gasteiger partial charge is 0.394 e. The average molecular weight is 734 g/mol. The molecule has 0 aromatic carbocycles. The second-order valence-corrected chi connectivity index (χ2v) is 14.4. The predicted octanol–water partition coefficient (Wildman–Crippen LogP) is 13.8. The zero-order chi connectivity index (χ0) is 38.6. The summed E-state index contributed by atoms with van der Waals surface area (Å²) < 4.78 is 0. The number of hydrogen-bond donors (Lipinski definition) is 3. The number of aliphatic hydroxyl groups is 2. The number of amides is 1. The summed E-state index contributed by atoms with van der Waals surface area (Å²) in [6, 6.07) is -0.686. The molecule has 0 aromatic heterocycles. The molecule has 53 heavy (non-hydrogen) atoms. The molecule has 0 aliphatic heterocycles. The summed E-state index contributed by atoms with van der Waals surface area (Å²) >= 11 is 0. The van der Waals surface area contributed by atoms with Gasteiger partial charge < -0.3 is 15.5 Å². The molecule has 4 heteroatoms. The highest BCUT2D eigenvalue weighted by Crippen LogP contribution is 2.14. The van der Waals surface area contributed by atoms with Crippen LogP contribution in [0.25, 0.3) is 0 Å². The second-order valence-electron chi connectivity index (χ2n) is 14.4. The van der Waals surface area contributed by atoms with Crippen molar-refractivity contribution in [2.24, 2.45) is 0 Å². The minimum atomic E-state index is -0.899. The molecule has 0 fully saturated rings. The summed E-state index contributed by atoms with van der Waals surface area (Å²) in [6.45, 7) is 4.14. The van der Waals surface area contributed by atoms with Gasteiger partial charge in [0.15, 0.2) is 0 Å². The Labute approximate surface area is 328 Å². The molecule has 0 saturated heterocycles. The monoisotopic (exact) mass is 734 g/mol. The van der Waals surface area contributed by atoms with E-state index in [0.717, 1.165) is 57.8 Å². The number of rotatable bonds is 38. The molecule has 1 amide bonds. The fourth-order valence-corrected chi connectivity index (χ4v) is 5.98. The molecular formula is C49H83NO3. The van der Waals surface area contributed by atoms with Crippen LogP contribution in [0.3, 0.4) is 0 Å². The molecule has 3 N–H and O–H groups in total. The van der Waals surface area contributed by atoms with Crippen molar-refractivity contribution in [2.75, 3.05) is 6.61 Å². The van der Waals surface area contributed by atoms with Gasteiger partial charge >= 0.3 is 0 Å². The summed E-state index contributed by atoms with van der Waals surface area (Å²) in [6.07, 6.45) is 65.3. The molecule has 0 rings (SSSR count). The molecule has 0 aliphatic carbocycles. The Bertz CT molecular complexity index is 1010. The maximum atomic E-state index is 12.3. The third-order valence-corrected chi connectivity index (χ3v) is 9.31. The molecule has 0 spiro atoms. The van der Waals surface area contributed by atoms with E-state index in [-0.39, 0.29) is 12.5 Å². The van der Waals surface area contributed by atoms with Gasteiger partial charge in [-0.25, -0.2) is 0 Å². The van der Waals surface area contributed by atoms with E-state index in [0.29, 0.717) is 12.8 Å². The van der Waals surface area contributed by atoms with Gasteiger partial charge in [0.1, 0.15) is 0 Å². The van der Waals surface area contributed by atoms with Gasteiger partial charge in [-0.05, 0) is 70.6 Å². The molecule has 0 heterocycles. The maximum Gasteiger partial charge on any atom is 0.220 e. The number of carbonyl (C=O) groups excluding carboxylic acids is 1. The van der Waals surface area contributed by atoms with E-state index in [1.54, 1.807) is 6.08 Å². The molecule has 0 aliphatic rings. The first-order valence-corrected chi connectivity index (χ1v) is 22.0. The summed E-state index contributed by atoms with van der Waals surface area (Å²) in [5.41, 5.74) is 0. The summed E-state index contributed by atoms with van der Waals surface area (Å²) in [4.78, 5) is 12.3. The SMILES string of the molecule is CC/C=C\C/C=C\C/C=C\C/C=C\C/C=C\C/C=C\CCC(=O)NC(CO)C(O)/C=C/CC/C=C/CCCCCCCCCCCCCCCCCC. The van der Waals surface area contributed by atoms with Gasteiger partial charge in [0, 0.05) is 6.42 Å². The minimum absolute atomic E-state index is 0.159. The van der Waals surface area contributed by atoms with Crippen LogP contribution >= 0.6 is 0 Å². The summed E-state index contributed by atoms with van der Waals surface area (Å²) in [5.74, 6) is -0.159. The smallest absolute Gasteiger partial charge is 0.220 e. The van der Waals surface area contributed by atoms with Crippen LogP contribution in [-0.4, -0.2) is 34.9 Å². The normalized spacial score (nSPS) is 14.0. The molecule has 0 bridgehead atoms. The third-order valence-electron chi connectivity index (χ3n) is 9.31. The lowest BCUT2D eigenvalue weighted by Crippen LogP contribution is -2.45. The third kappa shape index (κ3) is 40.3. The average Bonchev–Trinajstić information content (AvgIpc) is 3.16. The predicted molar refractivity (Wildman–Crippen MR) is 234 cm³/mol. The topological polar surface area (TPSA) is 69.6 Å². The van der Waals surface area contributed by atoms with E-state index in [1.165, 1.54) is 103 Å². The van der Waals surface area contributed by atoms with Crippen molar-refractivity contribution in [2.45, 2.75) is 199 Å². The van der Waals surface area contributed by atoms with Gasteiger partial charge in [0.05, 0.1) is 18.8 Å². The molecule has 2 unspecified atom stereocenters. The first-order valence-electron chi connectivity index (χ1n) is 22.0. The van der Waals surface area contributed by atoms with Crippen molar-refractivity contribution in [3.8, 4) is 0 Å². The Morgan fingerprint density at radius 1 is 0.472 bits per heavy atom. The molecule has 4 nitrogen and oxygen atoms in total. The van der Waals surface area contributed by atoms with Crippen LogP contribution in [0.4, 0.5) is 0 Å². The number of nitrogens with one attached hydrogen (secondary N) is 1.